The number of thiazole rings is 1. The third-order valence-corrected chi connectivity index (χ3v) is 6.59. The average molecular weight is 502 g/mol. The van der Waals surface area contributed by atoms with Crippen molar-refractivity contribution in [3.05, 3.63) is 63.0 Å². The summed E-state index contributed by atoms with van der Waals surface area (Å²) < 4.78 is 0.937. The van der Waals surface area contributed by atoms with E-state index in [1.807, 2.05) is 19.1 Å². The first-order chi connectivity index (χ1) is 16.3. The summed E-state index contributed by atoms with van der Waals surface area (Å²) in [6.45, 7) is 1.25. The highest BCUT2D eigenvalue weighted by atomic mass is 35.5. The number of hydrazine groups is 1. The number of amides is 5. The molecule has 0 radical (unpaired) electrons. The first-order valence-electron chi connectivity index (χ1n) is 10.2. The van der Waals surface area contributed by atoms with Gasteiger partial charge in [0.05, 0.1) is 21.8 Å². The lowest BCUT2D eigenvalue weighted by atomic mass is 10.2. The minimum Gasteiger partial charge on any atom is -0.347 e. The Bertz CT molecular complexity index is 1270. The van der Waals surface area contributed by atoms with Crippen LogP contribution in [-0.2, 0) is 17.8 Å². The number of aromatic nitrogens is 1. The monoisotopic (exact) mass is 501 g/mol. The Morgan fingerprint density at radius 2 is 1.94 bits per heavy atom. The van der Waals surface area contributed by atoms with Crippen LogP contribution in [0.1, 0.15) is 17.5 Å². The van der Waals surface area contributed by atoms with Crippen molar-refractivity contribution < 1.29 is 14.4 Å². The number of halogens is 1. The van der Waals surface area contributed by atoms with E-state index in [0.29, 0.717) is 21.2 Å². The van der Waals surface area contributed by atoms with Crippen LogP contribution in [0.3, 0.4) is 0 Å². The maximum absolute atomic E-state index is 13.2. The van der Waals surface area contributed by atoms with Gasteiger partial charge < -0.3 is 5.32 Å². The Morgan fingerprint density at radius 1 is 1.21 bits per heavy atom. The highest BCUT2D eigenvalue weighted by molar-refractivity contribution is 7.18. The number of anilines is 1. The van der Waals surface area contributed by atoms with Crippen LogP contribution >= 0.6 is 22.9 Å². The van der Waals surface area contributed by atoms with E-state index in [4.69, 9.17) is 17.4 Å². The van der Waals surface area contributed by atoms with Gasteiger partial charge >= 0.3 is 18.0 Å². The van der Waals surface area contributed by atoms with Crippen molar-refractivity contribution in [2.75, 3.05) is 11.9 Å². The number of nitrogens with one attached hydrogen (secondary N) is 1. The molecule has 5 amide bonds. The number of carbonyl (C=O) groups is 3. The summed E-state index contributed by atoms with van der Waals surface area (Å²) in [4.78, 5) is 54.6. The minimum atomic E-state index is -1.17. The Balaban J connectivity index is 1.67. The van der Waals surface area contributed by atoms with E-state index in [2.05, 4.69) is 15.5 Å². The predicted molar refractivity (Wildman–Crippen MR) is 128 cm³/mol. The summed E-state index contributed by atoms with van der Waals surface area (Å²) in [5, 5.41) is 7.70. The third kappa shape index (κ3) is 4.69. The van der Waals surface area contributed by atoms with Crippen LogP contribution in [0.4, 0.5) is 15.3 Å². The van der Waals surface area contributed by atoms with Crippen LogP contribution in [0.15, 0.2) is 47.6 Å². The van der Waals surface area contributed by atoms with E-state index in [1.165, 1.54) is 4.90 Å². The third-order valence-electron chi connectivity index (χ3n) is 5.18. The molecule has 0 aliphatic carbocycles. The Morgan fingerprint density at radius 3 is 2.62 bits per heavy atom. The van der Waals surface area contributed by atoms with Gasteiger partial charge in [0.1, 0.15) is 6.54 Å². The van der Waals surface area contributed by atoms with Crippen LogP contribution in [0.5, 0.6) is 0 Å². The van der Waals surface area contributed by atoms with Gasteiger partial charge in [0.25, 0.3) is 0 Å². The molecule has 1 fully saturated rings. The molecule has 11 nitrogen and oxygen atoms in total. The van der Waals surface area contributed by atoms with Crippen LogP contribution in [0.25, 0.3) is 10.2 Å². The zero-order chi connectivity index (χ0) is 24.4. The van der Waals surface area contributed by atoms with E-state index in [-0.39, 0.29) is 6.54 Å². The van der Waals surface area contributed by atoms with Crippen molar-refractivity contribution in [3.8, 4) is 0 Å². The first kappa shape index (κ1) is 23.5. The second kappa shape index (κ2) is 9.71. The summed E-state index contributed by atoms with van der Waals surface area (Å²) >= 11 is 7.51. The highest BCUT2D eigenvalue weighted by Gasteiger charge is 2.44. The van der Waals surface area contributed by atoms with Gasteiger partial charge in [-0.05, 0) is 42.3 Å². The quantitative estimate of drug-likeness (QED) is 0.285. The number of hydrogen-bond acceptors (Lipinski definition) is 8. The molecule has 176 valence electrons. The lowest BCUT2D eigenvalue weighted by Gasteiger charge is -2.45. The second-order valence-electron chi connectivity index (χ2n) is 7.46. The van der Waals surface area contributed by atoms with E-state index in [9.17, 15) is 19.3 Å². The van der Waals surface area contributed by atoms with Crippen LogP contribution < -0.4 is 11.2 Å². The molecule has 3 aromatic rings. The molecule has 1 aliphatic rings. The zero-order valence-corrected chi connectivity index (χ0v) is 19.5. The van der Waals surface area contributed by atoms with Crippen molar-refractivity contribution in [3.63, 3.8) is 0 Å². The second-order valence-corrected chi connectivity index (χ2v) is 9.01. The highest BCUT2D eigenvalue weighted by Crippen LogP contribution is 2.28. The van der Waals surface area contributed by atoms with Crippen molar-refractivity contribution in [2.24, 2.45) is 11.0 Å². The lowest BCUT2D eigenvalue weighted by Crippen LogP contribution is -2.70. The lowest BCUT2D eigenvalue weighted by molar-refractivity contribution is -0.118. The van der Waals surface area contributed by atoms with E-state index < -0.39 is 30.8 Å². The van der Waals surface area contributed by atoms with Crippen molar-refractivity contribution in [1.29, 1.82) is 0 Å². The molecule has 3 N–H and O–H groups in total. The maximum atomic E-state index is 13.2. The van der Waals surface area contributed by atoms with E-state index in [0.717, 1.165) is 26.7 Å². The number of rotatable bonds is 7. The number of nitrogens with zero attached hydrogens (tertiary/aromatic N) is 5. The van der Waals surface area contributed by atoms with Crippen molar-refractivity contribution in [2.45, 2.75) is 26.2 Å². The number of aryl methyl sites for hydroxylation is 1. The van der Waals surface area contributed by atoms with Gasteiger partial charge in [0, 0.05) is 15.9 Å². The number of carbonyl (C=O) groups excluding carboxylic acids is 3. The van der Waals surface area contributed by atoms with Crippen LogP contribution in [0.2, 0.25) is 5.02 Å². The minimum absolute atomic E-state index is 0.0383. The van der Waals surface area contributed by atoms with Gasteiger partial charge in [0.15, 0.2) is 0 Å². The number of benzene rings is 2. The van der Waals surface area contributed by atoms with Gasteiger partial charge in [-0.1, -0.05) is 30.7 Å². The summed E-state index contributed by atoms with van der Waals surface area (Å²) in [5.74, 6) is 4.91. The SMILES string of the molecule is CCc1nc2ccc(NC3N(N)C(=O)N(CC(=O)N=O)C(=O)N3Cc3ccc(Cl)cc3)cc2s1. The number of nitrogens with two attached hydrogens (primary N) is 1. The number of imide groups is 1. The normalized spacial score (nSPS) is 16.3. The Labute approximate surface area is 203 Å². The van der Waals surface area contributed by atoms with Gasteiger partial charge in [-0.15, -0.1) is 16.2 Å². The molecule has 1 aliphatic heterocycles. The van der Waals surface area contributed by atoms with Gasteiger partial charge in [-0.3, -0.25) is 9.69 Å². The standard InChI is InChI=1S/C21H20ClN7O4S/c1-2-18-25-15-8-7-14(9-16(15)34-18)24-19-27(10-12-3-5-13(22)6-4-12)20(31)28(11-17(30)26-33)21(32)29(19)23/h3-9,19,24H,2,10-11,23H2,1H3. The Kier molecular flexibility index (Phi) is 6.72. The van der Waals surface area contributed by atoms with Crippen molar-refractivity contribution >= 4 is 56.8 Å². The fraction of sp³-hybridized carbons (Fsp3) is 0.238. The number of fused-ring (bicyclic) bond motifs is 1. The van der Waals surface area contributed by atoms with Crippen LogP contribution in [-0.4, -0.2) is 50.6 Å². The molecule has 2 heterocycles. The van der Waals surface area contributed by atoms with Crippen LogP contribution in [0, 0.1) is 4.91 Å². The topological polar surface area (TPSA) is 141 Å². The number of nitroso groups, excluding NO2 is 1. The van der Waals surface area contributed by atoms with Gasteiger partial charge in [-0.25, -0.2) is 30.3 Å². The molecule has 0 spiro atoms. The zero-order valence-electron chi connectivity index (χ0n) is 18.0. The predicted octanol–water partition coefficient (Wildman–Crippen LogP) is 3.73. The summed E-state index contributed by atoms with van der Waals surface area (Å²) in [7, 11) is 0. The van der Waals surface area contributed by atoms with Gasteiger partial charge in [0.2, 0.25) is 6.29 Å². The molecular weight excluding hydrogens is 482 g/mol. The largest absolute Gasteiger partial charge is 0.347 e. The molecule has 34 heavy (non-hydrogen) atoms. The fourth-order valence-corrected chi connectivity index (χ4v) is 4.56. The van der Waals surface area contributed by atoms with Crippen molar-refractivity contribution in [1.82, 2.24) is 19.8 Å². The molecule has 2 aromatic carbocycles. The van der Waals surface area contributed by atoms with Gasteiger partial charge in [-0.2, -0.15) is 0 Å². The summed E-state index contributed by atoms with van der Waals surface area (Å²) in [6, 6.07) is 10.5. The summed E-state index contributed by atoms with van der Waals surface area (Å²) in [6.07, 6.45) is -0.272. The summed E-state index contributed by atoms with van der Waals surface area (Å²) in [5.41, 5.74) is 2.16. The average Bonchev–Trinajstić information content (AvgIpc) is 3.26. The maximum Gasteiger partial charge on any atom is 0.346 e. The fourth-order valence-electron chi connectivity index (χ4n) is 3.49. The number of urea groups is 2. The molecule has 13 heteroatoms. The molecule has 1 unspecified atom stereocenters. The molecule has 0 bridgehead atoms. The molecule has 1 aromatic heterocycles. The molecule has 4 rings (SSSR count). The molecule has 1 saturated heterocycles. The number of hydrogen-bond donors (Lipinski definition) is 2. The molecule has 0 saturated carbocycles. The molecular formula is C21H20ClN7O4S. The smallest absolute Gasteiger partial charge is 0.346 e. The first-order valence-corrected chi connectivity index (χ1v) is 11.4. The van der Waals surface area contributed by atoms with E-state index in [1.54, 1.807) is 41.7 Å². The Hall–Kier alpha value is -3.61. The van der Waals surface area contributed by atoms with E-state index >= 15 is 0 Å². The molecule has 1 atom stereocenters.